The fourth-order valence-corrected chi connectivity index (χ4v) is 7.90. The second-order valence-corrected chi connectivity index (χ2v) is 17.0. The van der Waals surface area contributed by atoms with Crippen molar-refractivity contribution in [1.29, 1.82) is 0 Å². The third-order valence-corrected chi connectivity index (χ3v) is 11.7. The van der Waals surface area contributed by atoms with E-state index in [1.54, 1.807) is 49.4 Å². The number of aromatic nitrogens is 2. The summed E-state index contributed by atoms with van der Waals surface area (Å²) < 4.78 is 39.5. The summed E-state index contributed by atoms with van der Waals surface area (Å²) in [7, 11) is 0. The molecule has 7 rings (SSSR count). The zero-order valence-corrected chi connectivity index (χ0v) is 39.5. The Morgan fingerprint density at radius 2 is 1.51 bits per heavy atom. The number of nitrogens with one attached hydrogen (secondary N) is 8. The average Bonchev–Trinajstić information content (AvgIpc) is 3.63. The fourth-order valence-electron chi connectivity index (χ4n) is 7.90. The summed E-state index contributed by atoms with van der Waals surface area (Å²) in [5.41, 5.74) is 1.37. The molecule has 8 N–H and O–H groups in total. The summed E-state index contributed by atoms with van der Waals surface area (Å²) in [5, 5.41) is 21.6. The second-order valence-electron chi connectivity index (χ2n) is 17.0. The van der Waals surface area contributed by atoms with Gasteiger partial charge in [0, 0.05) is 59.8 Å². The van der Waals surface area contributed by atoms with E-state index >= 15 is 0 Å². The van der Waals surface area contributed by atoms with E-state index in [4.69, 9.17) is 0 Å². The van der Waals surface area contributed by atoms with Gasteiger partial charge in [-0.25, -0.2) is 9.97 Å². The lowest BCUT2D eigenvalue weighted by Crippen LogP contribution is -2.54. The Bertz CT molecular complexity index is 3060. The maximum Gasteiger partial charge on any atom is 0.416 e. The molecule has 3 heterocycles. The molecule has 5 aromatic rings. The predicted molar refractivity (Wildman–Crippen MR) is 264 cm³/mol. The van der Waals surface area contributed by atoms with Crippen LogP contribution in [-0.2, 0) is 30.1 Å². The first kappa shape index (κ1) is 52.5. The van der Waals surface area contributed by atoms with Gasteiger partial charge >= 0.3 is 6.18 Å². The van der Waals surface area contributed by atoms with E-state index in [9.17, 15) is 56.3 Å². The van der Waals surface area contributed by atoms with Gasteiger partial charge in [-0.2, -0.15) is 13.2 Å². The van der Waals surface area contributed by atoms with Gasteiger partial charge in [-0.1, -0.05) is 30.8 Å². The number of imide groups is 2. The molecule has 74 heavy (non-hydrogen) atoms. The van der Waals surface area contributed by atoms with Crippen LogP contribution in [0.4, 0.5) is 47.6 Å². The minimum absolute atomic E-state index is 0.00516. The number of carbonyl (C=O) groups is 9. The monoisotopic (exact) mass is 1020 g/mol. The molecule has 2 atom stereocenters. The minimum Gasteiger partial charge on any atom is -0.384 e. The van der Waals surface area contributed by atoms with Crippen molar-refractivity contribution in [3.8, 4) is 0 Å². The summed E-state index contributed by atoms with van der Waals surface area (Å²) in [6, 6.07) is 17.4. The first-order valence-corrected chi connectivity index (χ1v) is 23.1. The number of benzene rings is 4. The number of piperidine rings is 1. The van der Waals surface area contributed by atoms with Gasteiger partial charge in [0.1, 0.15) is 12.1 Å². The zero-order valence-electron chi connectivity index (χ0n) is 39.5. The van der Waals surface area contributed by atoms with Gasteiger partial charge in [-0.3, -0.25) is 53.4 Å². The van der Waals surface area contributed by atoms with Crippen molar-refractivity contribution in [3.05, 3.63) is 143 Å². The van der Waals surface area contributed by atoms with Crippen LogP contribution in [0.15, 0.2) is 110 Å². The number of halogens is 3. The Kier molecular flexibility index (Phi) is 16.5. The lowest BCUT2D eigenvalue weighted by Gasteiger charge is -2.27. The number of aryl methyl sites for hydroxylation is 1. The largest absolute Gasteiger partial charge is 0.416 e. The highest BCUT2D eigenvalue weighted by Gasteiger charge is 2.45. The number of rotatable bonds is 20. The normalized spacial score (nSPS) is 14.5. The van der Waals surface area contributed by atoms with E-state index in [2.05, 4.69) is 59.1 Å². The van der Waals surface area contributed by atoms with Crippen LogP contribution in [0.25, 0.3) is 0 Å². The van der Waals surface area contributed by atoms with E-state index in [1.807, 2.05) is 0 Å². The third kappa shape index (κ3) is 13.2. The van der Waals surface area contributed by atoms with Crippen molar-refractivity contribution < 1.29 is 56.3 Å². The topological polar surface area (TPSA) is 279 Å². The summed E-state index contributed by atoms with van der Waals surface area (Å²) in [6.07, 6.45) is -0.0191. The molecule has 0 saturated carbocycles. The van der Waals surface area contributed by atoms with E-state index in [0.29, 0.717) is 42.0 Å². The molecule has 1 saturated heterocycles. The number of hydrogen-bond donors (Lipinski definition) is 8. The third-order valence-electron chi connectivity index (χ3n) is 11.7. The van der Waals surface area contributed by atoms with Gasteiger partial charge in [-0.05, 0) is 105 Å². The van der Waals surface area contributed by atoms with Gasteiger partial charge in [0.05, 0.1) is 34.8 Å². The molecular formula is C51H48F3N11O9. The lowest BCUT2D eigenvalue weighted by molar-refractivity contribution is -0.138. The molecule has 4 aromatic carbocycles. The number of fused-ring (bicyclic) bond motifs is 1. The molecular weight excluding hydrogens is 968 g/mol. The van der Waals surface area contributed by atoms with Crippen LogP contribution in [0.2, 0.25) is 0 Å². The van der Waals surface area contributed by atoms with E-state index < -0.39 is 71.1 Å². The first-order valence-electron chi connectivity index (χ1n) is 23.1. The van der Waals surface area contributed by atoms with Crippen LogP contribution in [0.5, 0.6) is 0 Å². The molecule has 0 aliphatic carbocycles. The molecule has 382 valence electrons. The van der Waals surface area contributed by atoms with E-state index in [1.165, 1.54) is 36.7 Å². The Morgan fingerprint density at radius 3 is 2.26 bits per heavy atom. The van der Waals surface area contributed by atoms with E-state index in [0.717, 1.165) is 29.2 Å². The highest BCUT2D eigenvalue weighted by atomic mass is 19.4. The summed E-state index contributed by atoms with van der Waals surface area (Å²) >= 11 is 0. The Hall–Kier alpha value is -9.28. The standard InChI is InChI=1S/C51H48F3N11O9/c1-3-40(66)63-38(17-19-41(67)56-22-5-4-21-55-37-14-8-13-35-43(37)49(74)65(48(35)73)39-18-20-42(68)64-47(39)72)46(71)60-31-11-7-12-32(24-31)62-50-57-26-34(27-58-50)61-45(70)36-25-33(16-15-28(36)2)59-44(69)29-9-6-10-30(23-29)51(52,53)54/h3,6-16,23-27,38-39,55H,1,4-5,17-22H2,2H3,(H,56,67)(H,59,69)(H,60,71)(H,61,70)(H,63,66)(H,57,58,62)(H,64,68,72)/t38-,39?/m0/s1. The molecule has 1 aromatic heterocycles. The molecule has 2 aliphatic rings. The molecule has 23 heteroatoms. The highest BCUT2D eigenvalue weighted by Crippen LogP contribution is 2.33. The average molecular weight is 1020 g/mol. The Morgan fingerprint density at radius 1 is 0.811 bits per heavy atom. The van der Waals surface area contributed by atoms with Crippen LogP contribution < -0.4 is 42.5 Å². The maximum atomic E-state index is 13.4. The van der Waals surface area contributed by atoms with E-state index in [-0.39, 0.29) is 77.7 Å². The summed E-state index contributed by atoms with van der Waals surface area (Å²) in [4.78, 5) is 125. The SMILES string of the molecule is C=CC(=O)N[C@@H](CCC(=O)NCCCCNc1cccc2c1C(=O)N(C1CCC(=O)NC1=O)C2=O)C(=O)Nc1cccc(Nc2ncc(NC(=O)c3cc(NC(=O)c4cccc(C(F)(F)F)c4)ccc3C)cn2)c1. The van der Waals surface area contributed by atoms with Gasteiger partial charge in [0.2, 0.25) is 35.5 Å². The van der Waals surface area contributed by atoms with Crippen LogP contribution >= 0.6 is 0 Å². The summed E-state index contributed by atoms with van der Waals surface area (Å²) in [6.45, 7) is 5.76. The number of anilines is 6. The molecule has 0 radical (unpaired) electrons. The molecule has 20 nitrogen and oxygen atoms in total. The van der Waals surface area contributed by atoms with Crippen molar-refractivity contribution >= 4 is 87.5 Å². The second kappa shape index (κ2) is 23.3. The van der Waals surface area contributed by atoms with Crippen molar-refractivity contribution in [3.63, 3.8) is 0 Å². The van der Waals surface area contributed by atoms with Gasteiger partial charge in [-0.15, -0.1) is 0 Å². The van der Waals surface area contributed by atoms with Gasteiger partial charge in [0.25, 0.3) is 23.6 Å². The van der Waals surface area contributed by atoms with Crippen LogP contribution in [0.3, 0.4) is 0 Å². The number of hydrogen-bond acceptors (Lipinski definition) is 13. The molecule has 1 unspecified atom stereocenters. The smallest absolute Gasteiger partial charge is 0.384 e. The van der Waals surface area contributed by atoms with Crippen molar-refractivity contribution in [2.45, 2.75) is 63.7 Å². The summed E-state index contributed by atoms with van der Waals surface area (Å²) in [5.74, 6) is -5.28. The van der Waals surface area contributed by atoms with Gasteiger partial charge < -0.3 is 37.2 Å². The van der Waals surface area contributed by atoms with Crippen molar-refractivity contribution in [2.24, 2.45) is 0 Å². The molecule has 0 bridgehead atoms. The van der Waals surface area contributed by atoms with Crippen molar-refractivity contribution in [1.82, 2.24) is 30.8 Å². The van der Waals surface area contributed by atoms with Gasteiger partial charge in [0.15, 0.2) is 0 Å². The van der Waals surface area contributed by atoms with Crippen molar-refractivity contribution in [2.75, 3.05) is 39.7 Å². The zero-order chi connectivity index (χ0) is 53.1. The quantitative estimate of drug-likeness (QED) is 0.0258. The number of carbonyl (C=O) groups excluding carboxylic acids is 9. The molecule has 0 spiro atoms. The molecule has 9 amide bonds. The Balaban J connectivity index is 0.854. The van der Waals surface area contributed by atoms with Crippen LogP contribution in [0.1, 0.15) is 91.1 Å². The molecule has 1 fully saturated rings. The van der Waals surface area contributed by atoms with Crippen LogP contribution in [0, 0.1) is 6.92 Å². The predicted octanol–water partition coefficient (Wildman–Crippen LogP) is 5.85. The lowest BCUT2D eigenvalue weighted by atomic mass is 10.0. The Labute approximate surface area is 420 Å². The first-order chi connectivity index (χ1) is 35.4. The fraction of sp³-hybridized carbons (Fsp3) is 0.235. The molecule has 2 aliphatic heterocycles. The number of alkyl halides is 3. The minimum atomic E-state index is -4.63. The number of nitrogens with zero attached hydrogens (tertiary/aromatic N) is 3. The van der Waals surface area contributed by atoms with Crippen LogP contribution in [-0.4, -0.2) is 93.2 Å². The highest BCUT2D eigenvalue weighted by molar-refractivity contribution is 6.25. The number of amides is 9. The number of unbranched alkanes of at least 4 members (excludes halogenated alkanes) is 1. The maximum absolute atomic E-state index is 13.4.